The van der Waals surface area contributed by atoms with Crippen molar-refractivity contribution in [3.05, 3.63) is 30.1 Å². The molecule has 1 aliphatic heterocycles. The third-order valence-electron chi connectivity index (χ3n) is 3.71. The van der Waals surface area contributed by atoms with Crippen molar-refractivity contribution in [2.75, 3.05) is 13.6 Å². The van der Waals surface area contributed by atoms with Crippen LogP contribution in [0.2, 0.25) is 0 Å². The Balaban J connectivity index is 0.000000222. The lowest BCUT2D eigenvalue weighted by atomic mass is 10.1. The Morgan fingerprint density at radius 3 is 2.81 bits per heavy atom. The Morgan fingerprint density at radius 1 is 1.57 bits per heavy atom. The van der Waals surface area contributed by atoms with Crippen LogP contribution in [0.25, 0.3) is 0 Å². The summed E-state index contributed by atoms with van der Waals surface area (Å²) in [5.41, 5.74) is 1.36. The number of aliphatic carboxylic acids is 1. The molecule has 0 aliphatic carbocycles. The number of carbonyl (C=O) groups is 1. The minimum atomic E-state index is -1.16. The van der Waals surface area contributed by atoms with Crippen LogP contribution in [-0.2, 0) is 4.79 Å². The Hall–Kier alpha value is -1.46. The van der Waals surface area contributed by atoms with Gasteiger partial charge in [-0.15, -0.1) is 0 Å². The first-order valence-electron chi connectivity index (χ1n) is 7.57. The van der Waals surface area contributed by atoms with Gasteiger partial charge in [-0.1, -0.05) is 25.8 Å². The van der Waals surface area contributed by atoms with Crippen molar-refractivity contribution in [1.82, 2.24) is 9.88 Å². The lowest BCUT2D eigenvalue weighted by Gasteiger charge is -2.18. The highest BCUT2D eigenvalue weighted by molar-refractivity contribution is 5.71. The molecule has 1 fully saturated rings. The first kappa shape index (κ1) is 17.6. The predicted octanol–water partition coefficient (Wildman–Crippen LogP) is 2.47. The summed E-state index contributed by atoms with van der Waals surface area (Å²) in [7, 11) is 2.19. The molecule has 1 saturated heterocycles. The van der Waals surface area contributed by atoms with Gasteiger partial charge in [0.1, 0.15) is 0 Å². The molecule has 1 aromatic heterocycles. The quantitative estimate of drug-likeness (QED) is 0.872. The fourth-order valence-electron chi connectivity index (χ4n) is 2.43. The maximum atomic E-state index is 9.96. The van der Waals surface area contributed by atoms with E-state index in [0.29, 0.717) is 12.5 Å². The average molecular weight is 294 g/mol. The van der Waals surface area contributed by atoms with E-state index in [-0.39, 0.29) is 0 Å². The van der Waals surface area contributed by atoms with Gasteiger partial charge in [0.15, 0.2) is 6.10 Å². The molecule has 2 heterocycles. The van der Waals surface area contributed by atoms with Crippen molar-refractivity contribution < 1.29 is 15.0 Å². The second-order valence-electron chi connectivity index (χ2n) is 5.42. The zero-order valence-corrected chi connectivity index (χ0v) is 12.9. The van der Waals surface area contributed by atoms with Crippen LogP contribution in [0.3, 0.4) is 0 Å². The molecule has 2 N–H and O–H groups in total. The number of likely N-dealkylation sites (tertiary alicyclic amines) is 1. The standard InChI is InChI=1S/C10H14N2.C6H12O3/c1-12-7-3-5-10(12)9-4-2-6-11-8-9;1-2-3-4-5(7)6(8)9/h2,4,6,8,10H,3,5,7H2,1H3;5,7H,2-4H2,1H3,(H,8,9). The molecule has 2 atom stereocenters. The number of nitrogens with zero attached hydrogens (tertiary/aromatic N) is 2. The minimum Gasteiger partial charge on any atom is -0.479 e. The zero-order chi connectivity index (χ0) is 15.7. The second-order valence-corrected chi connectivity index (χ2v) is 5.42. The zero-order valence-electron chi connectivity index (χ0n) is 12.9. The molecule has 0 spiro atoms. The maximum absolute atomic E-state index is 9.96. The molecule has 0 amide bonds. The van der Waals surface area contributed by atoms with Crippen molar-refractivity contribution in [2.24, 2.45) is 0 Å². The summed E-state index contributed by atoms with van der Waals surface area (Å²) in [5.74, 6) is -1.12. The molecule has 0 bridgehead atoms. The van der Waals surface area contributed by atoms with Gasteiger partial charge in [-0.25, -0.2) is 4.79 Å². The van der Waals surface area contributed by atoms with Gasteiger partial charge in [0, 0.05) is 18.4 Å². The third-order valence-corrected chi connectivity index (χ3v) is 3.71. The van der Waals surface area contributed by atoms with Gasteiger partial charge in [0.25, 0.3) is 0 Å². The van der Waals surface area contributed by atoms with Crippen LogP contribution in [-0.4, -0.2) is 45.8 Å². The molecule has 0 saturated carbocycles. The van der Waals surface area contributed by atoms with Crippen molar-refractivity contribution in [2.45, 2.75) is 51.2 Å². The Morgan fingerprint density at radius 2 is 2.33 bits per heavy atom. The van der Waals surface area contributed by atoms with Gasteiger partial charge < -0.3 is 10.2 Å². The van der Waals surface area contributed by atoms with Gasteiger partial charge in [-0.05, 0) is 44.5 Å². The number of carboxylic acids is 1. The number of aromatic nitrogens is 1. The van der Waals surface area contributed by atoms with E-state index in [1.165, 1.54) is 24.9 Å². The Labute approximate surface area is 126 Å². The van der Waals surface area contributed by atoms with Gasteiger partial charge >= 0.3 is 5.97 Å². The summed E-state index contributed by atoms with van der Waals surface area (Å²) in [6.45, 7) is 3.17. The van der Waals surface area contributed by atoms with Gasteiger partial charge in [-0.2, -0.15) is 0 Å². The number of pyridine rings is 1. The molecule has 0 aromatic carbocycles. The number of hydrogen-bond donors (Lipinski definition) is 2. The third kappa shape index (κ3) is 6.23. The summed E-state index contributed by atoms with van der Waals surface area (Å²) >= 11 is 0. The van der Waals surface area contributed by atoms with Gasteiger partial charge in [-0.3, -0.25) is 9.88 Å². The van der Waals surface area contributed by atoms with E-state index in [1.54, 1.807) is 0 Å². The van der Waals surface area contributed by atoms with E-state index in [1.807, 2.05) is 25.4 Å². The van der Waals surface area contributed by atoms with Crippen LogP contribution in [0.1, 0.15) is 50.6 Å². The fraction of sp³-hybridized carbons (Fsp3) is 0.625. The van der Waals surface area contributed by atoms with E-state index >= 15 is 0 Å². The first-order chi connectivity index (χ1) is 10.1. The molecule has 118 valence electrons. The molecule has 2 rings (SSSR count). The van der Waals surface area contributed by atoms with Crippen LogP contribution in [0.4, 0.5) is 0 Å². The molecule has 0 radical (unpaired) electrons. The van der Waals surface area contributed by atoms with E-state index in [0.717, 1.165) is 12.8 Å². The summed E-state index contributed by atoms with van der Waals surface area (Å²) in [4.78, 5) is 16.5. The highest BCUT2D eigenvalue weighted by Crippen LogP contribution is 2.29. The molecule has 1 aliphatic rings. The second kappa shape index (κ2) is 9.47. The molecule has 2 unspecified atom stereocenters. The van der Waals surface area contributed by atoms with Crippen molar-refractivity contribution in [3.63, 3.8) is 0 Å². The van der Waals surface area contributed by atoms with Crippen LogP contribution >= 0.6 is 0 Å². The molecule has 5 heteroatoms. The lowest BCUT2D eigenvalue weighted by molar-refractivity contribution is -0.146. The van der Waals surface area contributed by atoms with E-state index in [4.69, 9.17) is 10.2 Å². The number of carboxylic acid groups (broad SMARTS) is 1. The van der Waals surface area contributed by atoms with Crippen molar-refractivity contribution in [1.29, 1.82) is 0 Å². The smallest absolute Gasteiger partial charge is 0.332 e. The molecule has 5 nitrogen and oxygen atoms in total. The predicted molar refractivity (Wildman–Crippen MR) is 82.0 cm³/mol. The summed E-state index contributed by atoms with van der Waals surface area (Å²) in [5, 5.41) is 16.8. The number of aliphatic hydroxyl groups is 1. The van der Waals surface area contributed by atoms with Crippen molar-refractivity contribution >= 4 is 5.97 Å². The fourth-order valence-corrected chi connectivity index (χ4v) is 2.43. The van der Waals surface area contributed by atoms with Crippen LogP contribution in [0.5, 0.6) is 0 Å². The SMILES string of the molecule is CCCCC(O)C(=O)O.CN1CCCC1c1cccnc1. The molecular formula is C16H26N2O3. The highest BCUT2D eigenvalue weighted by atomic mass is 16.4. The van der Waals surface area contributed by atoms with Gasteiger partial charge in [0.2, 0.25) is 0 Å². The van der Waals surface area contributed by atoms with Crippen molar-refractivity contribution in [3.8, 4) is 0 Å². The molecule has 1 aromatic rings. The van der Waals surface area contributed by atoms with Crippen LogP contribution in [0, 0.1) is 0 Å². The summed E-state index contributed by atoms with van der Waals surface area (Å²) in [6.07, 6.45) is 7.30. The molecular weight excluding hydrogens is 268 g/mol. The monoisotopic (exact) mass is 294 g/mol. The number of unbranched alkanes of at least 4 members (excludes halogenated alkanes) is 1. The minimum absolute atomic E-state index is 0.367. The molecule has 21 heavy (non-hydrogen) atoms. The Kier molecular flexibility index (Phi) is 7.93. The van der Waals surface area contributed by atoms with E-state index in [2.05, 4.69) is 23.0 Å². The average Bonchev–Trinajstić information content (AvgIpc) is 2.92. The Bertz CT molecular complexity index is 411. The topological polar surface area (TPSA) is 73.7 Å². The number of aliphatic hydroxyl groups excluding tert-OH is 1. The van der Waals surface area contributed by atoms with Gasteiger partial charge in [0.05, 0.1) is 0 Å². The number of rotatable bonds is 5. The summed E-state index contributed by atoms with van der Waals surface area (Å²) in [6, 6.07) is 4.79. The van der Waals surface area contributed by atoms with Crippen LogP contribution in [0.15, 0.2) is 24.5 Å². The lowest BCUT2D eigenvalue weighted by Crippen LogP contribution is -2.18. The normalized spacial score (nSPS) is 19.7. The first-order valence-corrected chi connectivity index (χ1v) is 7.57. The van der Waals surface area contributed by atoms with E-state index < -0.39 is 12.1 Å². The summed E-state index contributed by atoms with van der Waals surface area (Å²) < 4.78 is 0. The highest BCUT2D eigenvalue weighted by Gasteiger charge is 2.21. The van der Waals surface area contributed by atoms with E-state index in [9.17, 15) is 4.79 Å². The largest absolute Gasteiger partial charge is 0.479 e. The number of hydrogen-bond acceptors (Lipinski definition) is 4. The maximum Gasteiger partial charge on any atom is 0.332 e. The van der Waals surface area contributed by atoms with Crippen LogP contribution < -0.4 is 0 Å².